The monoisotopic (exact) mass is 419 g/mol. The zero-order chi connectivity index (χ0) is 20.9. The first kappa shape index (κ1) is 20.1. The molecule has 0 fully saturated rings. The fraction of sp³-hybridized carbons (Fsp3) is 0.217. The van der Waals surface area contributed by atoms with Crippen LogP contribution in [0.3, 0.4) is 0 Å². The molecule has 0 saturated heterocycles. The van der Waals surface area contributed by atoms with Gasteiger partial charge in [-0.2, -0.15) is 0 Å². The minimum absolute atomic E-state index is 0.659. The zero-order valence-corrected chi connectivity index (χ0v) is 17.8. The molecule has 0 bridgehead atoms. The number of allylic oxidation sites excluding steroid dienone is 3. The van der Waals surface area contributed by atoms with Crippen LogP contribution in [0.15, 0.2) is 83.2 Å². The van der Waals surface area contributed by atoms with Gasteiger partial charge in [-0.25, -0.2) is 0 Å². The number of para-hydroxylation sites is 1. The van der Waals surface area contributed by atoms with E-state index in [-0.39, 0.29) is 0 Å². The lowest BCUT2D eigenvalue weighted by Crippen LogP contribution is -2.08. The summed E-state index contributed by atoms with van der Waals surface area (Å²) in [4.78, 5) is 11.9. The number of aromatic nitrogens is 3. The van der Waals surface area contributed by atoms with E-state index in [1.54, 1.807) is 25.9 Å². The summed E-state index contributed by atoms with van der Waals surface area (Å²) in [6.07, 6.45) is 5.84. The number of hydrogen-bond donors (Lipinski definition) is 0. The van der Waals surface area contributed by atoms with Crippen LogP contribution >= 0.6 is 11.8 Å². The molecule has 1 aliphatic carbocycles. The molecule has 30 heavy (non-hydrogen) atoms. The highest BCUT2D eigenvalue weighted by molar-refractivity contribution is 7.99. The SMILES string of the molecule is COc1ccc(-c2nnc(SCC3=C([N+](C)=O)CCC=C3)n2-c2ccccc2)cc1. The Morgan fingerprint density at radius 3 is 2.57 bits per heavy atom. The van der Waals surface area contributed by atoms with Gasteiger partial charge in [0, 0.05) is 38.7 Å². The fourth-order valence-corrected chi connectivity index (χ4v) is 4.40. The largest absolute Gasteiger partial charge is 0.497 e. The van der Waals surface area contributed by atoms with Crippen molar-refractivity contribution < 1.29 is 9.50 Å². The number of ether oxygens (including phenoxy) is 1. The van der Waals surface area contributed by atoms with E-state index in [1.807, 2.05) is 60.7 Å². The average molecular weight is 420 g/mol. The van der Waals surface area contributed by atoms with Gasteiger partial charge in [0.05, 0.1) is 7.11 Å². The Labute approximate surface area is 179 Å². The van der Waals surface area contributed by atoms with Crippen LogP contribution in [0.1, 0.15) is 12.8 Å². The Kier molecular flexibility index (Phi) is 6.09. The molecule has 1 aromatic heterocycles. The minimum atomic E-state index is 0.659. The summed E-state index contributed by atoms with van der Waals surface area (Å²) in [6, 6.07) is 17.9. The molecule has 0 spiro atoms. The summed E-state index contributed by atoms with van der Waals surface area (Å²) in [5.74, 6) is 2.22. The second-order valence-electron chi connectivity index (χ2n) is 6.90. The van der Waals surface area contributed by atoms with Crippen molar-refractivity contribution in [2.24, 2.45) is 0 Å². The third-order valence-corrected chi connectivity index (χ3v) is 5.95. The van der Waals surface area contributed by atoms with Crippen LogP contribution in [0.5, 0.6) is 5.75 Å². The molecule has 152 valence electrons. The molecule has 0 N–H and O–H groups in total. The van der Waals surface area contributed by atoms with Gasteiger partial charge in [0.25, 0.3) is 0 Å². The van der Waals surface area contributed by atoms with Crippen LogP contribution < -0.4 is 4.74 Å². The normalized spacial score (nSPS) is 13.5. The highest BCUT2D eigenvalue weighted by Gasteiger charge is 2.22. The number of benzene rings is 2. The molecule has 2 aromatic carbocycles. The van der Waals surface area contributed by atoms with E-state index in [9.17, 15) is 4.91 Å². The Morgan fingerprint density at radius 2 is 1.87 bits per heavy atom. The quantitative estimate of drug-likeness (QED) is 0.396. The minimum Gasteiger partial charge on any atom is -0.497 e. The van der Waals surface area contributed by atoms with Gasteiger partial charge in [-0.05, 0) is 42.8 Å². The first-order valence-electron chi connectivity index (χ1n) is 9.75. The molecule has 0 aliphatic heterocycles. The second-order valence-corrected chi connectivity index (χ2v) is 7.85. The molecule has 0 unspecified atom stereocenters. The van der Waals surface area contributed by atoms with E-state index in [2.05, 4.69) is 20.8 Å². The Bertz CT molecular complexity index is 1100. The molecule has 6 nitrogen and oxygen atoms in total. The molecule has 0 radical (unpaired) electrons. The standard InChI is InChI=1S/C23H23N4O2S/c1-26(28)21-11-7-6-8-18(21)16-30-23-25-24-22(17-12-14-20(29-2)15-13-17)27(23)19-9-4-3-5-10-19/h3-6,8-10,12-15H,7,11,16H2,1-2H3/q+1. The van der Waals surface area contributed by atoms with Crippen LogP contribution in [0.25, 0.3) is 17.1 Å². The predicted molar refractivity (Wildman–Crippen MR) is 119 cm³/mol. The van der Waals surface area contributed by atoms with E-state index < -0.39 is 0 Å². The Balaban J connectivity index is 1.70. The smallest absolute Gasteiger partial charge is 0.236 e. The number of nitrogens with zero attached hydrogens (tertiary/aromatic N) is 4. The van der Waals surface area contributed by atoms with Crippen molar-refractivity contribution in [3.8, 4) is 22.8 Å². The first-order chi connectivity index (χ1) is 14.7. The molecule has 4 rings (SSSR count). The van der Waals surface area contributed by atoms with Gasteiger partial charge in [-0.3, -0.25) is 4.57 Å². The van der Waals surface area contributed by atoms with Gasteiger partial charge >= 0.3 is 0 Å². The van der Waals surface area contributed by atoms with Crippen molar-refractivity contribution in [1.82, 2.24) is 14.8 Å². The predicted octanol–water partition coefficient (Wildman–Crippen LogP) is 5.05. The molecule has 0 amide bonds. The highest BCUT2D eigenvalue weighted by atomic mass is 32.2. The maximum atomic E-state index is 11.9. The third kappa shape index (κ3) is 4.21. The second kappa shape index (κ2) is 9.09. The summed E-state index contributed by atoms with van der Waals surface area (Å²) in [5.41, 5.74) is 3.82. The maximum absolute atomic E-state index is 11.9. The van der Waals surface area contributed by atoms with E-state index in [1.165, 1.54) is 0 Å². The van der Waals surface area contributed by atoms with Crippen molar-refractivity contribution in [3.05, 3.63) is 82.9 Å². The summed E-state index contributed by atoms with van der Waals surface area (Å²) < 4.78 is 8.30. The molecular weight excluding hydrogens is 396 g/mol. The maximum Gasteiger partial charge on any atom is 0.236 e. The van der Waals surface area contributed by atoms with Gasteiger partial charge in [0.15, 0.2) is 18.0 Å². The summed E-state index contributed by atoms with van der Waals surface area (Å²) in [7, 11) is 3.21. The van der Waals surface area contributed by atoms with Gasteiger partial charge in [-0.15, -0.1) is 10.2 Å². The van der Waals surface area contributed by atoms with E-state index in [4.69, 9.17) is 4.74 Å². The molecule has 0 saturated carbocycles. The lowest BCUT2D eigenvalue weighted by Gasteiger charge is -2.12. The topological polar surface area (TPSA) is 60.0 Å². The lowest BCUT2D eigenvalue weighted by atomic mass is 10.0. The van der Waals surface area contributed by atoms with Gasteiger partial charge in [-0.1, -0.05) is 42.1 Å². The summed E-state index contributed by atoms with van der Waals surface area (Å²) in [6.45, 7) is 0. The van der Waals surface area contributed by atoms with Crippen LogP contribution in [-0.4, -0.2) is 39.4 Å². The van der Waals surface area contributed by atoms with Gasteiger partial charge in [0.1, 0.15) is 5.75 Å². The van der Waals surface area contributed by atoms with Crippen LogP contribution in [0.4, 0.5) is 0 Å². The van der Waals surface area contributed by atoms with Crippen molar-refractivity contribution in [2.45, 2.75) is 18.0 Å². The lowest BCUT2D eigenvalue weighted by molar-refractivity contribution is -0.470. The van der Waals surface area contributed by atoms with Gasteiger partial charge < -0.3 is 4.74 Å². The number of nitroso groups, excluding NO2 is 1. The van der Waals surface area contributed by atoms with Gasteiger partial charge in [0.2, 0.25) is 5.70 Å². The summed E-state index contributed by atoms with van der Waals surface area (Å²) >= 11 is 1.58. The van der Waals surface area contributed by atoms with Crippen molar-refractivity contribution in [1.29, 1.82) is 0 Å². The van der Waals surface area contributed by atoms with Crippen molar-refractivity contribution in [3.63, 3.8) is 0 Å². The number of thioether (sulfide) groups is 1. The zero-order valence-electron chi connectivity index (χ0n) is 17.0. The Morgan fingerprint density at radius 1 is 1.10 bits per heavy atom. The fourth-order valence-electron chi connectivity index (χ4n) is 3.44. The molecule has 0 atom stereocenters. The van der Waals surface area contributed by atoms with Crippen LogP contribution in [0, 0.1) is 4.91 Å². The highest BCUT2D eigenvalue weighted by Crippen LogP contribution is 2.31. The van der Waals surface area contributed by atoms with E-state index in [0.29, 0.717) is 5.75 Å². The number of hydrogen-bond acceptors (Lipinski definition) is 5. The number of methoxy groups -OCH3 is 1. The van der Waals surface area contributed by atoms with Crippen LogP contribution in [-0.2, 0) is 0 Å². The molecule has 3 aromatic rings. The average Bonchev–Trinajstić information content (AvgIpc) is 3.22. The van der Waals surface area contributed by atoms with Crippen molar-refractivity contribution >= 4 is 11.8 Å². The van der Waals surface area contributed by atoms with Crippen molar-refractivity contribution in [2.75, 3.05) is 19.9 Å². The molecular formula is C23H23N4O2S+. The number of rotatable bonds is 7. The van der Waals surface area contributed by atoms with E-state index >= 15 is 0 Å². The molecule has 7 heteroatoms. The molecule has 1 heterocycles. The first-order valence-corrected chi connectivity index (χ1v) is 10.7. The molecule has 1 aliphatic rings. The Hall–Kier alpha value is -3.19. The summed E-state index contributed by atoms with van der Waals surface area (Å²) in [5, 5.41) is 9.74. The third-order valence-electron chi connectivity index (χ3n) is 4.97. The van der Waals surface area contributed by atoms with Crippen LogP contribution in [0.2, 0.25) is 0 Å². The van der Waals surface area contributed by atoms with E-state index in [0.717, 1.165) is 56.9 Å².